The molecule has 1 fully saturated rings. The summed E-state index contributed by atoms with van der Waals surface area (Å²) in [6.07, 6.45) is 8.91. The lowest BCUT2D eigenvalue weighted by molar-refractivity contribution is -0.127. The van der Waals surface area contributed by atoms with Crippen molar-refractivity contribution in [3.8, 4) is 0 Å². The van der Waals surface area contributed by atoms with Crippen LogP contribution in [0.25, 0.3) is 0 Å². The standard InChI is InChI=1S/C22H28N2O2/c25-19-9-8-16-5-4-12-22(20(16)15-19,18-6-2-1-3-7-18)24-21(26)17-10-13-23-14-11-17/h1-7,17,19,23,25H,8-15H2,(H,24,26)/t19-,22?/m1/s1. The Kier molecular flexibility index (Phi) is 4.96. The topological polar surface area (TPSA) is 61.4 Å². The van der Waals surface area contributed by atoms with Gasteiger partial charge < -0.3 is 15.7 Å². The van der Waals surface area contributed by atoms with Crippen molar-refractivity contribution in [3.05, 3.63) is 59.2 Å². The molecule has 1 amide bonds. The molecular formula is C22H28N2O2. The Morgan fingerprint density at radius 1 is 1.15 bits per heavy atom. The van der Waals surface area contributed by atoms with Crippen LogP contribution in [0.1, 0.15) is 44.1 Å². The summed E-state index contributed by atoms with van der Waals surface area (Å²) in [6.45, 7) is 1.81. The molecule has 2 atom stereocenters. The minimum Gasteiger partial charge on any atom is -0.393 e. The first-order valence-electron chi connectivity index (χ1n) is 9.84. The monoisotopic (exact) mass is 352 g/mol. The van der Waals surface area contributed by atoms with Crippen LogP contribution < -0.4 is 10.6 Å². The highest BCUT2D eigenvalue weighted by Gasteiger charge is 2.42. The third-order valence-electron chi connectivity index (χ3n) is 6.15. The Morgan fingerprint density at radius 2 is 1.92 bits per heavy atom. The average molecular weight is 352 g/mol. The Hall–Kier alpha value is -1.91. The zero-order valence-corrected chi connectivity index (χ0v) is 15.2. The number of carbonyl (C=O) groups is 1. The molecule has 1 saturated heterocycles. The van der Waals surface area contributed by atoms with Gasteiger partial charge in [-0.25, -0.2) is 0 Å². The van der Waals surface area contributed by atoms with E-state index in [1.807, 2.05) is 18.2 Å². The van der Waals surface area contributed by atoms with Crippen LogP contribution in [-0.4, -0.2) is 30.2 Å². The lowest BCUT2D eigenvalue weighted by Gasteiger charge is -2.44. The molecule has 0 aromatic heterocycles. The summed E-state index contributed by atoms with van der Waals surface area (Å²) in [7, 11) is 0. The van der Waals surface area contributed by atoms with Crippen LogP contribution in [0, 0.1) is 5.92 Å². The maximum Gasteiger partial charge on any atom is 0.224 e. The van der Waals surface area contributed by atoms with Crippen LogP contribution >= 0.6 is 0 Å². The highest BCUT2D eigenvalue weighted by Crippen LogP contribution is 2.44. The van der Waals surface area contributed by atoms with Crippen LogP contribution in [0.15, 0.2) is 53.6 Å². The maximum atomic E-state index is 13.2. The van der Waals surface area contributed by atoms with Crippen molar-refractivity contribution in [2.45, 2.75) is 50.2 Å². The number of hydrogen-bond acceptors (Lipinski definition) is 3. The van der Waals surface area contributed by atoms with Crippen molar-refractivity contribution in [3.63, 3.8) is 0 Å². The van der Waals surface area contributed by atoms with Gasteiger partial charge in [0, 0.05) is 5.92 Å². The van der Waals surface area contributed by atoms with Crippen LogP contribution in [0.2, 0.25) is 0 Å². The Morgan fingerprint density at radius 3 is 2.69 bits per heavy atom. The first-order chi connectivity index (χ1) is 12.7. The molecule has 4 nitrogen and oxygen atoms in total. The number of aliphatic hydroxyl groups is 1. The van der Waals surface area contributed by atoms with Gasteiger partial charge in [0.15, 0.2) is 0 Å². The lowest BCUT2D eigenvalue weighted by atomic mass is 9.69. The summed E-state index contributed by atoms with van der Waals surface area (Å²) in [5.41, 5.74) is 3.09. The predicted molar refractivity (Wildman–Crippen MR) is 102 cm³/mol. The van der Waals surface area contributed by atoms with Crippen LogP contribution in [-0.2, 0) is 10.3 Å². The van der Waals surface area contributed by atoms with Gasteiger partial charge >= 0.3 is 0 Å². The smallest absolute Gasteiger partial charge is 0.224 e. The van der Waals surface area contributed by atoms with Gasteiger partial charge in [-0.2, -0.15) is 0 Å². The van der Waals surface area contributed by atoms with Crippen molar-refractivity contribution in [2.75, 3.05) is 13.1 Å². The largest absolute Gasteiger partial charge is 0.393 e. The third-order valence-corrected chi connectivity index (χ3v) is 6.15. The van der Waals surface area contributed by atoms with Crippen molar-refractivity contribution in [1.82, 2.24) is 10.6 Å². The van der Waals surface area contributed by atoms with E-state index in [0.717, 1.165) is 50.8 Å². The summed E-state index contributed by atoms with van der Waals surface area (Å²) in [5.74, 6) is 0.220. The Balaban J connectivity index is 1.72. The minimum atomic E-state index is -0.519. The van der Waals surface area contributed by atoms with E-state index in [-0.39, 0.29) is 17.9 Å². The van der Waals surface area contributed by atoms with Gasteiger partial charge in [-0.1, -0.05) is 42.5 Å². The van der Waals surface area contributed by atoms with Crippen molar-refractivity contribution >= 4 is 5.91 Å². The fourth-order valence-corrected chi connectivity index (χ4v) is 4.69. The third kappa shape index (κ3) is 3.24. The molecule has 26 heavy (non-hydrogen) atoms. The number of allylic oxidation sites excluding steroid dienone is 2. The quantitative estimate of drug-likeness (QED) is 0.784. The fraction of sp³-hybridized carbons (Fsp3) is 0.500. The number of aliphatic hydroxyl groups excluding tert-OH is 1. The second-order valence-electron chi connectivity index (χ2n) is 7.79. The molecule has 4 heteroatoms. The molecule has 1 heterocycles. The number of piperidine rings is 1. The van der Waals surface area contributed by atoms with E-state index in [0.29, 0.717) is 6.42 Å². The summed E-state index contributed by atoms with van der Waals surface area (Å²) >= 11 is 0. The molecule has 1 aromatic carbocycles. The number of rotatable bonds is 3. The SMILES string of the molecule is O=C(NC1(c2ccccc2)CC=CC2=C1C[C@H](O)CC2)C1CCNCC1. The highest BCUT2D eigenvalue weighted by molar-refractivity contribution is 5.80. The second-order valence-corrected chi connectivity index (χ2v) is 7.79. The van der Waals surface area contributed by atoms with Gasteiger partial charge in [0.1, 0.15) is 0 Å². The van der Waals surface area contributed by atoms with Crippen molar-refractivity contribution in [2.24, 2.45) is 5.92 Å². The first kappa shape index (κ1) is 17.5. The summed E-state index contributed by atoms with van der Waals surface area (Å²) in [4.78, 5) is 13.2. The van der Waals surface area contributed by atoms with Gasteiger partial charge in [0.2, 0.25) is 5.91 Å². The van der Waals surface area contributed by atoms with E-state index in [1.54, 1.807) is 0 Å². The lowest BCUT2D eigenvalue weighted by Crippen LogP contribution is -2.52. The summed E-state index contributed by atoms with van der Waals surface area (Å²) in [6, 6.07) is 10.3. The predicted octanol–water partition coefficient (Wildman–Crippen LogP) is 2.80. The minimum absolute atomic E-state index is 0.0697. The molecule has 0 spiro atoms. The van der Waals surface area contributed by atoms with Gasteiger partial charge in [-0.15, -0.1) is 0 Å². The summed E-state index contributed by atoms with van der Waals surface area (Å²) < 4.78 is 0. The molecule has 0 bridgehead atoms. The van der Waals surface area contributed by atoms with E-state index in [1.165, 1.54) is 11.1 Å². The van der Waals surface area contributed by atoms with Gasteiger partial charge in [0.25, 0.3) is 0 Å². The molecule has 3 N–H and O–H groups in total. The van der Waals surface area contributed by atoms with Gasteiger partial charge in [-0.05, 0) is 68.3 Å². The zero-order chi connectivity index (χ0) is 18.0. The molecule has 1 aromatic rings. The molecule has 4 rings (SSSR count). The summed E-state index contributed by atoms with van der Waals surface area (Å²) in [5, 5.41) is 17.1. The zero-order valence-electron chi connectivity index (χ0n) is 15.2. The number of nitrogens with one attached hydrogen (secondary N) is 2. The molecule has 138 valence electrons. The molecule has 0 saturated carbocycles. The highest BCUT2D eigenvalue weighted by atomic mass is 16.3. The number of benzene rings is 1. The number of carbonyl (C=O) groups excluding carboxylic acids is 1. The van der Waals surface area contributed by atoms with Crippen molar-refractivity contribution in [1.29, 1.82) is 0 Å². The van der Waals surface area contributed by atoms with Crippen LogP contribution in [0.4, 0.5) is 0 Å². The molecule has 3 aliphatic rings. The molecule has 1 aliphatic heterocycles. The fourth-order valence-electron chi connectivity index (χ4n) is 4.69. The van der Waals surface area contributed by atoms with E-state index >= 15 is 0 Å². The molecule has 1 unspecified atom stereocenters. The number of amides is 1. The van der Waals surface area contributed by atoms with Gasteiger partial charge in [0.05, 0.1) is 11.6 Å². The Labute approximate surface area is 155 Å². The van der Waals surface area contributed by atoms with E-state index in [2.05, 4.69) is 34.9 Å². The number of hydrogen-bond donors (Lipinski definition) is 3. The van der Waals surface area contributed by atoms with E-state index in [9.17, 15) is 9.90 Å². The Bertz CT molecular complexity index is 719. The van der Waals surface area contributed by atoms with E-state index in [4.69, 9.17) is 0 Å². The van der Waals surface area contributed by atoms with Crippen molar-refractivity contribution < 1.29 is 9.90 Å². The average Bonchev–Trinajstić information content (AvgIpc) is 2.70. The van der Waals surface area contributed by atoms with Crippen LogP contribution in [0.3, 0.4) is 0 Å². The normalized spacial score (nSPS) is 29.3. The van der Waals surface area contributed by atoms with Crippen LogP contribution in [0.5, 0.6) is 0 Å². The second kappa shape index (κ2) is 7.37. The molecule has 2 aliphatic carbocycles. The van der Waals surface area contributed by atoms with Gasteiger partial charge in [-0.3, -0.25) is 4.79 Å². The maximum absolute atomic E-state index is 13.2. The molecule has 0 radical (unpaired) electrons. The molecular weight excluding hydrogens is 324 g/mol. The first-order valence-corrected chi connectivity index (χ1v) is 9.84. The van der Waals surface area contributed by atoms with E-state index < -0.39 is 5.54 Å².